The van der Waals surface area contributed by atoms with Crippen molar-refractivity contribution >= 4 is 34.4 Å². The zero-order valence-electron chi connectivity index (χ0n) is 18.3. The minimum Gasteiger partial charge on any atom is -0.384 e. The second-order valence-electron chi connectivity index (χ2n) is 8.26. The Balaban J connectivity index is 1.71. The lowest BCUT2D eigenvalue weighted by Gasteiger charge is -2.32. The molecule has 0 atom stereocenters. The van der Waals surface area contributed by atoms with Crippen molar-refractivity contribution < 1.29 is 4.79 Å². The standard InChI is InChI=1S/C25H25ClN6O/c1-28-25(33)31-12-9-16(10-13-31)23-20-8-11-29-15-21(20)32(19-5-3-18(26)4-6-19)24(23)17-2-7-22(27)30-14-17/h2-8,11,14-16H,9-10,12-13H2,1H3,(H2,27,30)(H,28,33). The number of fused-ring (bicyclic) bond motifs is 1. The van der Waals surface area contributed by atoms with Gasteiger partial charge in [0.1, 0.15) is 5.82 Å². The SMILES string of the molecule is CNC(=O)N1CCC(c2c(-c3ccc(N)nc3)n(-c3ccc(Cl)cc3)c3cnccc23)CC1. The highest BCUT2D eigenvalue weighted by Crippen LogP contribution is 2.43. The molecule has 8 heteroatoms. The van der Waals surface area contributed by atoms with E-state index in [2.05, 4.69) is 25.9 Å². The van der Waals surface area contributed by atoms with Crippen molar-refractivity contribution in [2.45, 2.75) is 18.8 Å². The summed E-state index contributed by atoms with van der Waals surface area (Å²) in [6.07, 6.45) is 7.33. The first-order valence-corrected chi connectivity index (χ1v) is 11.4. The van der Waals surface area contributed by atoms with E-state index in [0.717, 1.165) is 40.7 Å². The molecule has 0 saturated carbocycles. The summed E-state index contributed by atoms with van der Waals surface area (Å²) in [7, 11) is 1.67. The number of hydrogen-bond donors (Lipinski definition) is 2. The van der Waals surface area contributed by atoms with Crippen LogP contribution in [-0.4, -0.2) is 45.6 Å². The van der Waals surface area contributed by atoms with Gasteiger partial charge >= 0.3 is 6.03 Å². The van der Waals surface area contributed by atoms with Crippen LogP contribution in [0, 0.1) is 0 Å². The summed E-state index contributed by atoms with van der Waals surface area (Å²) < 4.78 is 2.23. The van der Waals surface area contributed by atoms with E-state index in [1.807, 2.05) is 59.9 Å². The molecule has 1 saturated heterocycles. The van der Waals surface area contributed by atoms with E-state index >= 15 is 0 Å². The normalized spacial score (nSPS) is 14.5. The largest absolute Gasteiger partial charge is 0.384 e. The molecule has 168 valence electrons. The van der Waals surface area contributed by atoms with Crippen molar-refractivity contribution in [1.82, 2.24) is 24.8 Å². The number of benzene rings is 1. The van der Waals surface area contributed by atoms with Gasteiger partial charge in [-0.05, 0) is 66.8 Å². The minimum atomic E-state index is -0.0239. The first-order valence-electron chi connectivity index (χ1n) is 11.0. The number of pyridine rings is 2. The Morgan fingerprint density at radius 2 is 1.85 bits per heavy atom. The van der Waals surface area contributed by atoms with Gasteiger partial charge in [-0.15, -0.1) is 0 Å². The number of nitrogens with one attached hydrogen (secondary N) is 1. The first-order chi connectivity index (χ1) is 16.1. The molecule has 1 aliphatic rings. The Labute approximate surface area is 197 Å². The number of likely N-dealkylation sites (tertiary alicyclic amines) is 1. The third-order valence-corrected chi connectivity index (χ3v) is 6.61. The molecule has 0 aliphatic carbocycles. The third kappa shape index (κ3) is 3.89. The number of amides is 2. The highest BCUT2D eigenvalue weighted by Gasteiger charge is 2.30. The molecule has 3 aromatic heterocycles. The molecule has 0 radical (unpaired) electrons. The molecule has 0 spiro atoms. The van der Waals surface area contributed by atoms with Crippen LogP contribution in [-0.2, 0) is 0 Å². The van der Waals surface area contributed by atoms with Gasteiger partial charge in [-0.2, -0.15) is 0 Å². The van der Waals surface area contributed by atoms with Gasteiger partial charge in [-0.25, -0.2) is 9.78 Å². The number of halogens is 1. The van der Waals surface area contributed by atoms with Crippen molar-refractivity contribution in [3.63, 3.8) is 0 Å². The van der Waals surface area contributed by atoms with Crippen LogP contribution >= 0.6 is 11.6 Å². The van der Waals surface area contributed by atoms with Crippen LogP contribution in [0.2, 0.25) is 5.02 Å². The number of rotatable bonds is 3. The summed E-state index contributed by atoms with van der Waals surface area (Å²) >= 11 is 6.19. The third-order valence-electron chi connectivity index (χ3n) is 6.36. The fraction of sp³-hybridized carbons (Fsp3) is 0.240. The fourth-order valence-electron chi connectivity index (χ4n) is 4.79. The number of carbonyl (C=O) groups is 1. The number of nitrogen functional groups attached to an aromatic ring is 1. The summed E-state index contributed by atoms with van der Waals surface area (Å²) in [4.78, 5) is 22.8. The molecule has 3 N–H and O–H groups in total. The van der Waals surface area contributed by atoms with Crippen LogP contribution in [0.3, 0.4) is 0 Å². The van der Waals surface area contributed by atoms with Gasteiger partial charge in [0.25, 0.3) is 0 Å². The number of hydrogen-bond acceptors (Lipinski definition) is 4. The second-order valence-corrected chi connectivity index (χ2v) is 8.69. The Hall–Kier alpha value is -3.58. The van der Waals surface area contributed by atoms with E-state index in [9.17, 15) is 4.79 Å². The van der Waals surface area contributed by atoms with E-state index in [4.69, 9.17) is 17.3 Å². The second kappa shape index (κ2) is 8.75. The zero-order chi connectivity index (χ0) is 22.9. The van der Waals surface area contributed by atoms with Gasteiger partial charge in [0.05, 0.1) is 17.4 Å². The topological polar surface area (TPSA) is 89.1 Å². The number of aromatic nitrogens is 3. The Morgan fingerprint density at radius 3 is 2.52 bits per heavy atom. The highest BCUT2D eigenvalue weighted by atomic mass is 35.5. The molecule has 5 rings (SSSR count). The molecule has 4 aromatic rings. The minimum absolute atomic E-state index is 0.0239. The smallest absolute Gasteiger partial charge is 0.317 e. The summed E-state index contributed by atoms with van der Waals surface area (Å²) in [6, 6.07) is 13.7. The van der Waals surface area contributed by atoms with Crippen molar-refractivity contribution in [3.8, 4) is 16.9 Å². The monoisotopic (exact) mass is 460 g/mol. The number of urea groups is 1. The maximum atomic E-state index is 12.1. The van der Waals surface area contributed by atoms with Crippen molar-refractivity contribution in [2.75, 3.05) is 25.9 Å². The molecule has 33 heavy (non-hydrogen) atoms. The number of nitrogens with zero attached hydrogens (tertiary/aromatic N) is 4. The van der Waals surface area contributed by atoms with Crippen LogP contribution in [0.1, 0.15) is 24.3 Å². The average molecular weight is 461 g/mol. The molecule has 1 aromatic carbocycles. The fourth-order valence-corrected chi connectivity index (χ4v) is 4.92. The molecule has 7 nitrogen and oxygen atoms in total. The lowest BCUT2D eigenvalue weighted by atomic mass is 9.86. The molecule has 1 aliphatic heterocycles. The van der Waals surface area contributed by atoms with Gasteiger partial charge in [0.15, 0.2) is 0 Å². The van der Waals surface area contributed by atoms with Crippen LogP contribution in [0.15, 0.2) is 61.1 Å². The van der Waals surface area contributed by atoms with Gasteiger partial charge < -0.3 is 20.5 Å². The van der Waals surface area contributed by atoms with Crippen LogP contribution in [0.25, 0.3) is 27.8 Å². The molecule has 2 amide bonds. The van der Waals surface area contributed by atoms with E-state index in [1.54, 1.807) is 7.05 Å². The number of nitrogens with two attached hydrogens (primary N) is 1. The summed E-state index contributed by atoms with van der Waals surface area (Å²) in [5, 5.41) is 4.58. The maximum absolute atomic E-state index is 12.1. The molecule has 0 unspecified atom stereocenters. The molecular weight excluding hydrogens is 436 g/mol. The average Bonchev–Trinajstić information content (AvgIpc) is 3.20. The van der Waals surface area contributed by atoms with Gasteiger partial charge in [0.2, 0.25) is 0 Å². The van der Waals surface area contributed by atoms with Gasteiger partial charge in [-0.1, -0.05) is 11.6 Å². The summed E-state index contributed by atoms with van der Waals surface area (Å²) in [5.41, 5.74) is 11.2. The van der Waals surface area contributed by atoms with Crippen LogP contribution in [0.4, 0.5) is 10.6 Å². The van der Waals surface area contributed by atoms with E-state index < -0.39 is 0 Å². The van der Waals surface area contributed by atoms with Crippen molar-refractivity contribution in [3.05, 3.63) is 71.6 Å². The zero-order valence-corrected chi connectivity index (χ0v) is 19.1. The number of carbonyl (C=O) groups excluding carboxylic acids is 1. The molecule has 0 bridgehead atoms. The van der Waals surface area contributed by atoms with Crippen LogP contribution < -0.4 is 11.1 Å². The Bertz CT molecular complexity index is 1290. The predicted octanol–water partition coefficient (Wildman–Crippen LogP) is 4.84. The maximum Gasteiger partial charge on any atom is 0.317 e. The van der Waals surface area contributed by atoms with Crippen LogP contribution in [0.5, 0.6) is 0 Å². The van der Waals surface area contributed by atoms with Gasteiger partial charge in [0, 0.05) is 54.2 Å². The number of piperidine rings is 1. The predicted molar refractivity (Wildman–Crippen MR) is 132 cm³/mol. The van der Waals surface area contributed by atoms with Crippen molar-refractivity contribution in [2.24, 2.45) is 0 Å². The summed E-state index contributed by atoms with van der Waals surface area (Å²) in [5.74, 6) is 0.770. The molecular formula is C25H25ClN6O. The van der Waals surface area contributed by atoms with Gasteiger partial charge in [-0.3, -0.25) is 4.98 Å². The highest BCUT2D eigenvalue weighted by molar-refractivity contribution is 6.30. The van der Waals surface area contributed by atoms with E-state index in [-0.39, 0.29) is 11.9 Å². The lowest BCUT2D eigenvalue weighted by molar-refractivity contribution is 0.184. The molecule has 4 heterocycles. The van der Waals surface area contributed by atoms with E-state index in [1.165, 1.54) is 5.56 Å². The lowest BCUT2D eigenvalue weighted by Crippen LogP contribution is -2.42. The Morgan fingerprint density at radius 1 is 1.09 bits per heavy atom. The number of anilines is 1. The quantitative estimate of drug-likeness (QED) is 0.457. The van der Waals surface area contributed by atoms with Crippen molar-refractivity contribution in [1.29, 1.82) is 0 Å². The Kier molecular flexibility index (Phi) is 5.64. The summed E-state index contributed by atoms with van der Waals surface area (Å²) in [6.45, 7) is 1.42. The molecule has 1 fully saturated rings. The first kappa shape index (κ1) is 21.3. The van der Waals surface area contributed by atoms with E-state index in [0.29, 0.717) is 23.9 Å².